The molecule has 1 fully saturated rings. The van der Waals surface area contributed by atoms with Crippen molar-refractivity contribution >= 4 is 10.1 Å². The molecule has 1 aliphatic rings. The quantitative estimate of drug-likeness (QED) is 0.209. The second-order valence-corrected chi connectivity index (χ2v) is 12.0. The third kappa shape index (κ3) is 8.58. The molecule has 0 aliphatic carbocycles. The van der Waals surface area contributed by atoms with Crippen LogP contribution in [0.5, 0.6) is 0 Å². The molecule has 1 aliphatic heterocycles. The number of hydrogen-bond donors (Lipinski definition) is 1. The van der Waals surface area contributed by atoms with Gasteiger partial charge in [0, 0.05) is 0 Å². The molecule has 4 aromatic rings. The van der Waals surface area contributed by atoms with Crippen molar-refractivity contribution in [1.82, 2.24) is 0 Å². The van der Waals surface area contributed by atoms with Crippen molar-refractivity contribution in [1.29, 1.82) is 0 Å². The van der Waals surface area contributed by atoms with E-state index in [-0.39, 0.29) is 24.7 Å². The van der Waals surface area contributed by atoms with Crippen molar-refractivity contribution in [2.75, 3.05) is 6.61 Å². The van der Waals surface area contributed by atoms with E-state index in [1.54, 1.807) is 12.1 Å². The molecular weight excluding hydrogens is 568 g/mol. The standard InChI is InChI=1S/C34H36O8S/c1-25-17-19-29(20-18-25)43(36,37)42-33-32(40-23-28-15-9-4-10-16-28)31(39-22-27-13-7-3-8-14-27)30(41-34(33)35)24-38-21-26-11-5-2-6-12-26/h2-20,30-35H,21-24H2,1H3/t30-,31-,32+,33+,34?/m1/s1. The molecule has 0 bridgehead atoms. The van der Waals surface area contributed by atoms with Gasteiger partial charge >= 0.3 is 0 Å². The van der Waals surface area contributed by atoms with Crippen LogP contribution in [-0.2, 0) is 53.1 Å². The van der Waals surface area contributed by atoms with Crippen LogP contribution < -0.4 is 0 Å². The first-order valence-electron chi connectivity index (χ1n) is 14.2. The summed E-state index contributed by atoms with van der Waals surface area (Å²) in [5.41, 5.74) is 3.64. The summed E-state index contributed by atoms with van der Waals surface area (Å²) in [5.74, 6) is 0. The smallest absolute Gasteiger partial charge is 0.297 e. The summed E-state index contributed by atoms with van der Waals surface area (Å²) in [6.07, 6.45) is -5.71. The van der Waals surface area contributed by atoms with E-state index in [1.165, 1.54) is 12.1 Å². The second-order valence-electron chi connectivity index (χ2n) is 10.4. The summed E-state index contributed by atoms with van der Waals surface area (Å²) >= 11 is 0. The maximum Gasteiger partial charge on any atom is 0.297 e. The van der Waals surface area contributed by atoms with Gasteiger partial charge in [0.1, 0.15) is 18.3 Å². The lowest BCUT2D eigenvalue weighted by Gasteiger charge is -2.44. The Bertz CT molecular complexity index is 1500. The van der Waals surface area contributed by atoms with Crippen LogP contribution in [0.15, 0.2) is 120 Å². The number of ether oxygens (including phenoxy) is 4. The molecule has 1 unspecified atom stereocenters. The molecule has 5 atom stereocenters. The van der Waals surface area contributed by atoms with E-state index in [0.29, 0.717) is 6.61 Å². The minimum absolute atomic E-state index is 0.0396. The number of aliphatic hydroxyl groups excluding tert-OH is 1. The summed E-state index contributed by atoms with van der Waals surface area (Å²) in [7, 11) is -4.29. The highest BCUT2D eigenvalue weighted by Crippen LogP contribution is 2.31. The molecule has 8 nitrogen and oxygen atoms in total. The number of benzene rings is 4. The van der Waals surface area contributed by atoms with Crippen molar-refractivity contribution in [2.45, 2.75) is 62.3 Å². The minimum atomic E-state index is -4.29. The van der Waals surface area contributed by atoms with Crippen LogP contribution >= 0.6 is 0 Å². The van der Waals surface area contributed by atoms with E-state index in [9.17, 15) is 13.5 Å². The van der Waals surface area contributed by atoms with Gasteiger partial charge < -0.3 is 24.1 Å². The zero-order valence-electron chi connectivity index (χ0n) is 23.9. The summed E-state index contributed by atoms with van der Waals surface area (Å²) in [5, 5.41) is 11.2. The van der Waals surface area contributed by atoms with E-state index in [1.807, 2.05) is 97.9 Å². The van der Waals surface area contributed by atoms with Crippen LogP contribution in [0.1, 0.15) is 22.3 Å². The fourth-order valence-electron chi connectivity index (χ4n) is 4.83. The number of aryl methyl sites for hydroxylation is 1. The van der Waals surface area contributed by atoms with Crippen molar-refractivity contribution < 1.29 is 36.7 Å². The first-order valence-corrected chi connectivity index (χ1v) is 15.6. The highest BCUT2D eigenvalue weighted by atomic mass is 32.2. The van der Waals surface area contributed by atoms with Crippen LogP contribution in [-0.4, -0.2) is 50.8 Å². The zero-order chi connectivity index (χ0) is 30.1. The number of aliphatic hydroxyl groups is 1. The van der Waals surface area contributed by atoms with Crippen molar-refractivity contribution in [3.63, 3.8) is 0 Å². The molecule has 0 aromatic heterocycles. The Morgan fingerprint density at radius 2 is 1.14 bits per heavy atom. The molecule has 4 aromatic carbocycles. The SMILES string of the molecule is Cc1ccc(S(=O)(=O)O[C@@H]2C(O)O[C@H](COCc3ccccc3)[C@@H](OCc3ccccc3)[C@@H]2OCc2ccccc2)cc1. The fraction of sp³-hybridized carbons (Fsp3) is 0.294. The molecule has 5 rings (SSSR count). The summed E-state index contributed by atoms with van der Waals surface area (Å²) in [6.45, 7) is 2.57. The Morgan fingerprint density at radius 1 is 0.651 bits per heavy atom. The molecule has 1 heterocycles. The van der Waals surface area contributed by atoms with Crippen molar-refractivity contribution in [3.05, 3.63) is 138 Å². The predicted octanol–water partition coefficient (Wildman–Crippen LogP) is 5.17. The van der Waals surface area contributed by atoms with Gasteiger partial charge in [-0.3, -0.25) is 4.18 Å². The Balaban J connectivity index is 1.42. The summed E-state index contributed by atoms with van der Waals surface area (Å²) in [4.78, 5) is -0.0396. The molecule has 0 amide bonds. The van der Waals surface area contributed by atoms with Gasteiger partial charge in [-0.1, -0.05) is 109 Å². The molecule has 0 radical (unpaired) electrons. The molecule has 0 saturated carbocycles. The lowest BCUT2D eigenvalue weighted by Crippen LogP contribution is -2.61. The molecule has 43 heavy (non-hydrogen) atoms. The number of hydrogen-bond acceptors (Lipinski definition) is 8. The topological polar surface area (TPSA) is 101 Å². The number of rotatable bonds is 13. The second kappa shape index (κ2) is 14.9. The van der Waals surface area contributed by atoms with Gasteiger partial charge in [-0.15, -0.1) is 0 Å². The molecular formula is C34H36O8S. The van der Waals surface area contributed by atoms with Gasteiger partial charge in [0.25, 0.3) is 10.1 Å². The molecule has 9 heteroatoms. The van der Waals surface area contributed by atoms with Gasteiger partial charge in [-0.05, 0) is 35.7 Å². The Hall–Kier alpha value is -3.41. The Kier molecular flexibility index (Phi) is 10.7. The monoisotopic (exact) mass is 604 g/mol. The van der Waals surface area contributed by atoms with E-state index in [0.717, 1.165) is 22.3 Å². The zero-order valence-corrected chi connectivity index (χ0v) is 24.7. The summed E-state index contributed by atoms with van der Waals surface area (Å²) < 4.78 is 57.1. The van der Waals surface area contributed by atoms with Gasteiger partial charge in [0.2, 0.25) is 0 Å². The minimum Gasteiger partial charge on any atom is -0.374 e. The highest BCUT2D eigenvalue weighted by molar-refractivity contribution is 7.86. The first kappa shape index (κ1) is 31.0. The van der Waals surface area contributed by atoms with E-state index >= 15 is 0 Å². The molecule has 1 N–H and O–H groups in total. The van der Waals surface area contributed by atoms with Gasteiger partial charge in [-0.25, -0.2) is 0 Å². The van der Waals surface area contributed by atoms with E-state index < -0.39 is 40.8 Å². The Morgan fingerprint density at radius 3 is 1.67 bits per heavy atom. The van der Waals surface area contributed by atoms with Crippen LogP contribution in [0.4, 0.5) is 0 Å². The van der Waals surface area contributed by atoms with Gasteiger partial charge in [-0.2, -0.15) is 8.42 Å². The average molecular weight is 605 g/mol. The fourth-order valence-corrected chi connectivity index (χ4v) is 5.91. The van der Waals surface area contributed by atoms with Crippen molar-refractivity contribution in [3.8, 4) is 0 Å². The van der Waals surface area contributed by atoms with Crippen LogP contribution in [0.2, 0.25) is 0 Å². The highest BCUT2D eigenvalue weighted by Gasteiger charge is 2.50. The normalized spacial score (nSPS) is 22.3. The Labute approximate surface area is 252 Å². The van der Waals surface area contributed by atoms with Crippen molar-refractivity contribution in [2.24, 2.45) is 0 Å². The van der Waals surface area contributed by atoms with Crippen LogP contribution in [0, 0.1) is 6.92 Å². The van der Waals surface area contributed by atoms with Gasteiger partial charge in [0.15, 0.2) is 12.4 Å². The molecule has 226 valence electrons. The predicted molar refractivity (Wildman–Crippen MR) is 160 cm³/mol. The maximum atomic E-state index is 13.4. The lowest BCUT2D eigenvalue weighted by atomic mass is 9.98. The van der Waals surface area contributed by atoms with Gasteiger partial charge in [0.05, 0.1) is 31.3 Å². The third-order valence-corrected chi connectivity index (χ3v) is 8.45. The van der Waals surface area contributed by atoms with E-state index in [2.05, 4.69) is 0 Å². The molecule has 1 saturated heterocycles. The van der Waals surface area contributed by atoms with E-state index in [4.69, 9.17) is 23.1 Å². The third-order valence-electron chi connectivity index (χ3n) is 7.12. The van der Waals surface area contributed by atoms with Crippen LogP contribution in [0.25, 0.3) is 0 Å². The first-order chi connectivity index (χ1) is 20.9. The maximum absolute atomic E-state index is 13.4. The molecule has 0 spiro atoms. The summed E-state index contributed by atoms with van der Waals surface area (Å²) in [6, 6.07) is 35.0. The largest absolute Gasteiger partial charge is 0.374 e. The lowest BCUT2D eigenvalue weighted by molar-refractivity contribution is -0.301. The average Bonchev–Trinajstić information content (AvgIpc) is 3.02. The van der Waals surface area contributed by atoms with Crippen LogP contribution in [0.3, 0.4) is 0 Å².